The number of rotatable bonds is 3. The van der Waals surface area contributed by atoms with E-state index in [1.807, 2.05) is 0 Å². The molecule has 0 amide bonds. The number of hydrogen-bond acceptors (Lipinski definition) is 1. The minimum atomic E-state index is 0. The second kappa shape index (κ2) is 11.7. The number of nitrogens with zero attached hydrogens (tertiary/aromatic N) is 1. The first kappa shape index (κ1) is 20.1. The van der Waals surface area contributed by atoms with Crippen molar-refractivity contribution in [1.29, 1.82) is 0 Å². The number of hydrogen-bond donors (Lipinski definition) is 0. The van der Waals surface area contributed by atoms with Gasteiger partial charge in [-0.25, -0.2) is 0 Å². The van der Waals surface area contributed by atoms with Crippen LogP contribution in [0.5, 0.6) is 0 Å². The van der Waals surface area contributed by atoms with Gasteiger partial charge in [-0.3, -0.25) is 0 Å². The summed E-state index contributed by atoms with van der Waals surface area (Å²) in [6.07, 6.45) is 1.15. The van der Waals surface area contributed by atoms with Crippen molar-refractivity contribution in [3.8, 4) is 0 Å². The quantitative estimate of drug-likeness (QED) is 0.762. The van der Waals surface area contributed by atoms with Gasteiger partial charge in [-0.15, -0.1) is 50.9 Å². The average molecular weight is 392 g/mol. The molecule has 0 unspecified atom stereocenters. The van der Waals surface area contributed by atoms with Crippen LogP contribution in [0.2, 0.25) is 0 Å². The lowest BCUT2D eigenvalue weighted by Crippen LogP contribution is -2.14. The van der Waals surface area contributed by atoms with E-state index in [0.717, 1.165) is 13.0 Å². The molecule has 84 valence electrons. The molecule has 1 nitrogen and oxygen atoms in total. The minimum absolute atomic E-state index is 0. The van der Waals surface area contributed by atoms with Crippen molar-refractivity contribution in [3.63, 3.8) is 0 Å². The first-order valence-electron chi connectivity index (χ1n) is 3.97. The smallest absolute Gasteiger partial charge is 0.00157 e. The van der Waals surface area contributed by atoms with Crippen molar-refractivity contribution in [3.05, 3.63) is 35.9 Å². The molecule has 0 saturated heterocycles. The van der Waals surface area contributed by atoms with Crippen molar-refractivity contribution in [2.75, 3.05) is 20.6 Å². The van der Waals surface area contributed by atoms with E-state index < -0.39 is 0 Å². The Morgan fingerprint density at radius 3 is 1.86 bits per heavy atom. The number of benzene rings is 1. The van der Waals surface area contributed by atoms with Gasteiger partial charge in [0.25, 0.3) is 0 Å². The molecule has 0 aromatic heterocycles. The van der Waals surface area contributed by atoms with E-state index in [2.05, 4.69) is 49.3 Å². The maximum Gasteiger partial charge on any atom is 0.00157 e. The standard InChI is InChI=1S/C10H15N.3BrH/c1-11(2)9-8-10-6-4-3-5-7-10;;;/h3-7H,8-9H2,1-2H3;3*1H. The second-order valence-electron chi connectivity index (χ2n) is 3.04. The fraction of sp³-hybridized carbons (Fsp3) is 0.400. The molecular weight excluding hydrogens is 374 g/mol. The summed E-state index contributed by atoms with van der Waals surface area (Å²) in [6.45, 7) is 1.13. The highest BCUT2D eigenvalue weighted by molar-refractivity contribution is 8.93. The molecule has 0 aliphatic heterocycles. The van der Waals surface area contributed by atoms with E-state index >= 15 is 0 Å². The molecule has 0 spiro atoms. The molecular formula is C10H18Br3N. The molecule has 1 aromatic carbocycles. The molecule has 14 heavy (non-hydrogen) atoms. The molecule has 0 fully saturated rings. The molecule has 0 bridgehead atoms. The molecule has 0 heterocycles. The predicted octanol–water partition coefficient (Wildman–Crippen LogP) is 3.52. The van der Waals surface area contributed by atoms with Crippen molar-refractivity contribution >= 4 is 50.9 Å². The van der Waals surface area contributed by atoms with E-state index in [-0.39, 0.29) is 50.9 Å². The molecule has 0 saturated carbocycles. The number of halogens is 3. The van der Waals surface area contributed by atoms with Crippen LogP contribution in [0.1, 0.15) is 5.56 Å². The molecule has 4 heteroatoms. The van der Waals surface area contributed by atoms with Crippen LogP contribution in [0.3, 0.4) is 0 Å². The van der Waals surface area contributed by atoms with Gasteiger partial charge in [0.05, 0.1) is 0 Å². The Balaban J connectivity index is -0.000000403. The minimum Gasteiger partial charge on any atom is -0.309 e. The van der Waals surface area contributed by atoms with Crippen LogP contribution in [0, 0.1) is 0 Å². The van der Waals surface area contributed by atoms with E-state index in [9.17, 15) is 0 Å². The summed E-state index contributed by atoms with van der Waals surface area (Å²) in [6, 6.07) is 10.6. The largest absolute Gasteiger partial charge is 0.309 e. The monoisotopic (exact) mass is 389 g/mol. The Labute approximate surface area is 118 Å². The maximum atomic E-state index is 2.20. The second-order valence-corrected chi connectivity index (χ2v) is 3.04. The van der Waals surface area contributed by atoms with Crippen LogP contribution in [0.4, 0.5) is 0 Å². The molecule has 0 aliphatic rings. The van der Waals surface area contributed by atoms with Gasteiger partial charge < -0.3 is 4.90 Å². The summed E-state index contributed by atoms with van der Waals surface area (Å²) in [5, 5.41) is 0. The van der Waals surface area contributed by atoms with Crippen molar-refractivity contribution in [2.45, 2.75) is 6.42 Å². The predicted molar refractivity (Wildman–Crippen MR) is 79.7 cm³/mol. The van der Waals surface area contributed by atoms with Crippen molar-refractivity contribution in [1.82, 2.24) is 4.90 Å². The summed E-state index contributed by atoms with van der Waals surface area (Å²) in [5.41, 5.74) is 1.42. The topological polar surface area (TPSA) is 3.24 Å². The van der Waals surface area contributed by atoms with Crippen LogP contribution in [-0.4, -0.2) is 25.5 Å². The van der Waals surface area contributed by atoms with Gasteiger partial charge >= 0.3 is 0 Å². The summed E-state index contributed by atoms with van der Waals surface area (Å²) < 4.78 is 0. The van der Waals surface area contributed by atoms with Gasteiger partial charge in [-0.1, -0.05) is 30.3 Å². The Hall–Kier alpha value is 0.620. The zero-order chi connectivity index (χ0) is 8.10. The fourth-order valence-electron chi connectivity index (χ4n) is 0.997. The van der Waals surface area contributed by atoms with Crippen LogP contribution in [0.15, 0.2) is 30.3 Å². The molecule has 0 aliphatic carbocycles. The summed E-state index contributed by atoms with van der Waals surface area (Å²) in [7, 11) is 4.20. The normalized spacial score (nSPS) is 8.21. The molecule has 1 rings (SSSR count). The lowest BCUT2D eigenvalue weighted by atomic mass is 10.1. The van der Waals surface area contributed by atoms with E-state index in [0.29, 0.717) is 0 Å². The van der Waals surface area contributed by atoms with Gasteiger partial charge in [0.1, 0.15) is 0 Å². The third-order valence-corrected chi connectivity index (χ3v) is 1.69. The Kier molecular flexibility index (Phi) is 16.8. The third-order valence-electron chi connectivity index (χ3n) is 1.69. The van der Waals surface area contributed by atoms with Crippen molar-refractivity contribution < 1.29 is 0 Å². The van der Waals surface area contributed by atoms with Crippen LogP contribution < -0.4 is 0 Å². The lowest BCUT2D eigenvalue weighted by molar-refractivity contribution is 0.413. The van der Waals surface area contributed by atoms with E-state index in [4.69, 9.17) is 0 Å². The van der Waals surface area contributed by atoms with Crippen LogP contribution in [-0.2, 0) is 6.42 Å². The first-order valence-corrected chi connectivity index (χ1v) is 3.97. The Morgan fingerprint density at radius 2 is 1.43 bits per heavy atom. The van der Waals surface area contributed by atoms with Gasteiger partial charge in [0.15, 0.2) is 0 Å². The molecule has 0 N–H and O–H groups in total. The maximum absolute atomic E-state index is 2.20. The summed E-state index contributed by atoms with van der Waals surface area (Å²) in [4.78, 5) is 2.20. The summed E-state index contributed by atoms with van der Waals surface area (Å²) >= 11 is 0. The Morgan fingerprint density at radius 1 is 0.929 bits per heavy atom. The third kappa shape index (κ3) is 9.19. The molecule has 0 atom stereocenters. The van der Waals surface area contributed by atoms with Gasteiger partial charge in [-0.2, -0.15) is 0 Å². The molecule has 1 aromatic rings. The summed E-state index contributed by atoms with van der Waals surface area (Å²) in [5.74, 6) is 0. The first-order chi connectivity index (χ1) is 5.29. The fourth-order valence-corrected chi connectivity index (χ4v) is 0.997. The highest BCUT2D eigenvalue weighted by atomic mass is 79.9. The van der Waals surface area contributed by atoms with Gasteiger partial charge in [-0.05, 0) is 26.1 Å². The lowest BCUT2D eigenvalue weighted by Gasteiger charge is -2.08. The van der Waals surface area contributed by atoms with Gasteiger partial charge in [0, 0.05) is 6.54 Å². The van der Waals surface area contributed by atoms with Gasteiger partial charge in [0.2, 0.25) is 0 Å². The average Bonchev–Trinajstić information content (AvgIpc) is 2.03. The van der Waals surface area contributed by atoms with E-state index in [1.54, 1.807) is 0 Å². The zero-order valence-electron chi connectivity index (χ0n) is 8.47. The zero-order valence-corrected chi connectivity index (χ0v) is 13.6. The highest BCUT2D eigenvalue weighted by Crippen LogP contribution is 1.99. The molecule has 0 radical (unpaired) electrons. The Bertz CT molecular complexity index is 202. The van der Waals surface area contributed by atoms with Crippen LogP contribution in [0.25, 0.3) is 0 Å². The van der Waals surface area contributed by atoms with Crippen molar-refractivity contribution in [2.24, 2.45) is 0 Å². The number of likely N-dealkylation sites (N-methyl/N-ethyl adjacent to an activating group) is 1. The SMILES string of the molecule is Br.Br.Br.CN(C)CCc1ccccc1. The highest BCUT2D eigenvalue weighted by Gasteiger charge is 1.91. The van der Waals surface area contributed by atoms with E-state index in [1.165, 1.54) is 5.56 Å². The van der Waals surface area contributed by atoms with Crippen LogP contribution >= 0.6 is 50.9 Å².